The number of amides is 1. The van der Waals surface area contributed by atoms with Crippen LogP contribution in [0.5, 0.6) is 0 Å². The molecule has 1 saturated heterocycles. The summed E-state index contributed by atoms with van der Waals surface area (Å²) in [7, 11) is 0. The highest BCUT2D eigenvalue weighted by Crippen LogP contribution is 2.31. The van der Waals surface area contributed by atoms with Crippen LogP contribution >= 0.6 is 0 Å². The van der Waals surface area contributed by atoms with Crippen molar-refractivity contribution < 1.29 is 14.3 Å². The minimum absolute atomic E-state index is 0.00160. The summed E-state index contributed by atoms with van der Waals surface area (Å²) in [5, 5.41) is 0. The number of carbonyl (C=O) groups is 2. The molecule has 0 saturated carbocycles. The molecule has 1 unspecified atom stereocenters. The Morgan fingerprint density at radius 2 is 2.12 bits per heavy atom. The lowest BCUT2D eigenvalue weighted by molar-refractivity contribution is -0.143. The first-order valence-corrected chi connectivity index (χ1v) is 8.41. The molecule has 1 aromatic carbocycles. The third-order valence-corrected chi connectivity index (χ3v) is 4.42. The molecule has 1 atom stereocenters. The predicted molar refractivity (Wildman–Crippen MR) is 90.6 cm³/mol. The number of fused-ring (bicyclic) bond motifs is 1. The van der Waals surface area contributed by atoms with Crippen LogP contribution in [0.25, 0.3) is 11.0 Å². The summed E-state index contributed by atoms with van der Waals surface area (Å²) in [5.41, 5.74) is 1.74. The summed E-state index contributed by atoms with van der Waals surface area (Å²) in [4.78, 5) is 30.8. The minimum atomic E-state index is -0.285. The Morgan fingerprint density at radius 3 is 2.79 bits per heavy atom. The Labute approximate surface area is 141 Å². The molecule has 1 aliphatic heterocycles. The normalized spacial score (nSPS) is 17.9. The van der Waals surface area contributed by atoms with E-state index in [0.29, 0.717) is 19.6 Å². The molecular weight excluding hydrogens is 306 g/mol. The summed E-state index contributed by atoms with van der Waals surface area (Å²) in [6.45, 7) is 6.94. The Hall–Kier alpha value is -2.37. The van der Waals surface area contributed by atoms with Crippen LogP contribution in [0.15, 0.2) is 24.3 Å². The molecule has 0 spiro atoms. The SMILES string of the molecule is CCOC(=O)Cn1c(C2CC(=O)N(C(C)C)C2)nc2ccccc21. The standard InChI is InChI=1S/C18H23N3O3/c1-4-24-17(23)11-21-15-8-6-5-7-14(15)19-18(21)13-9-16(22)20(10-13)12(2)3/h5-8,12-13H,4,9-11H2,1-3H3. The summed E-state index contributed by atoms with van der Waals surface area (Å²) < 4.78 is 7.00. The number of aromatic nitrogens is 2. The lowest BCUT2D eigenvalue weighted by Gasteiger charge is -2.21. The molecule has 1 amide bonds. The number of rotatable bonds is 5. The second-order valence-electron chi connectivity index (χ2n) is 6.39. The van der Waals surface area contributed by atoms with Crippen molar-refractivity contribution in [2.24, 2.45) is 0 Å². The van der Waals surface area contributed by atoms with Crippen molar-refractivity contribution in [3.05, 3.63) is 30.1 Å². The summed E-state index contributed by atoms with van der Waals surface area (Å²) in [6.07, 6.45) is 0.435. The van der Waals surface area contributed by atoms with Gasteiger partial charge in [0.1, 0.15) is 12.4 Å². The zero-order valence-corrected chi connectivity index (χ0v) is 14.4. The second kappa shape index (κ2) is 6.63. The van der Waals surface area contributed by atoms with Crippen LogP contribution in [-0.2, 0) is 20.9 Å². The molecule has 24 heavy (non-hydrogen) atoms. The highest BCUT2D eigenvalue weighted by molar-refractivity contribution is 5.82. The van der Waals surface area contributed by atoms with Crippen molar-refractivity contribution in [3.8, 4) is 0 Å². The first-order valence-electron chi connectivity index (χ1n) is 8.41. The molecule has 128 valence electrons. The van der Waals surface area contributed by atoms with Crippen molar-refractivity contribution >= 4 is 22.9 Å². The molecule has 1 aliphatic rings. The van der Waals surface area contributed by atoms with Crippen LogP contribution in [0.1, 0.15) is 38.9 Å². The van der Waals surface area contributed by atoms with Gasteiger partial charge >= 0.3 is 5.97 Å². The van der Waals surface area contributed by atoms with E-state index in [1.165, 1.54) is 0 Å². The van der Waals surface area contributed by atoms with Crippen molar-refractivity contribution in [2.75, 3.05) is 13.2 Å². The lowest BCUT2D eigenvalue weighted by Crippen LogP contribution is -2.32. The predicted octanol–water partition coefficient (Wildman–Crippen LogP) is 2.32. The second-order valence-corrected chi connectivity index (χ2v) is 6.39. The average molecular weight is 329 g/mol. The number of benzene rings is 1. The largest absolute Gasteiger partial charge is 0.465 e. The lowest BCUT2D eigenvalue weighted by atomic mass is 10.1. The van der Waals surface area contributed by atoms with E-state index in [0.717, 1.165) is 16.9 Å². The van der Waals surface area contributed by atoms with Crippen LogP contribution in [0.2, 0.25) is 0 Å². The number of carbonyl (C=O) groups excluding carboxylic acids is 2. The fraction of sp³-hybridized carbons (Fsp3) is 0.500. The van der Waals surface area contributed by atoms with Gasteiger partial charge in [-0.05, 0) is 32.9 Å². The Kier molecular flexibility index (Phi) is 4.55. The van der Waals surface area contributed by atoms with E-state index in [4.69, 9.17) is 9.72 Å². The van der Waals surface area contributed by atoms with Gasteiger partial charge < -0.3 is 14.2 Å². The maximum absolute atomic E-state index is 12.2. The van der Waals surface area contributed by atoms with Crippen molar-refractivity contribution in [1.29, 1.82) is 0 Å². The van der Waals surface area contributed by atoms with Gasteiger partial charge in [0.2, 0.25) is 5.91 Å². The number of ether oxygens (including phenoxy) is 1. The zero-order chi connectivity index (χ0) is 17.3. The van der Waals surface area contributed by atoms with Gasteiger partial charge in [-0.1, -0.05) is 12.1 Å². The molecule has 0 radical (unpaired) electrons. The number of hydrogen-bond acceptors (Lipinski definition) is 4. The molecule has 0 bridgehead atoms. The van der Waals surface area contributed by atoms with Gasteiger partial charge in [-0.25, -0.2) is 4.98 Å². The number of hydrogen-bond donors (Lipinski definition) is 0. The van der Waals surface area contributed by atoms with Gasteiger partial charge in [0.25, 0.3) is 0 Å². The third kappa shape index (κ3) is 3.00. The molecule has 3 rings (SSSR count). The van der Waals surface area contributed by atoms with Crippen LogP contribution in [0, 0.1) is 0 Å². The van der Waals surface area contributed by atoms with Gasteiger partial charge in [-0.3, -0.25) is 9.59 Å². The van der Waals surface area contributed by atoms with E-state index < -0.39 is 0 Å². The van der Waals surface area contributed by atoms with E-state index in [-0.39, 0.29) is 30.4 Å². The number of para-hydroxylation sites is 2. The van der Waals surface area contributed by atoms with E-state index in [9.17, 15) is 9.59 Å². The number of esters is 1. The molecule has 6 nitrogen and oxygen atoms in total. The Morgan fingerprint density at radius 1 is 1.38 bits per heavy atom. The molecule has 6 heteroatoms. The quantitative estimate of drug-likeness (QED) is 0.790. The van der Waals surface area contributed by atoms with Gasteiger partial charge in [0, 0.05) is 24.9 Å². The maximum Gasteiger partial charge on any atom is 0.326 e. The third-order valence-electron chi connectivity index (χ3n) is 4.42. The zero-order valence-electron chi connectivity index (χ0n) is 14.4. The van der Waals surface area contributed by atoms with E-state index >= 15 is 0 Å². The maximum atomic E-state index is 12.2. The average Bonchev–Trinajstić information content (AvgIpc) is 3.09. The Bertz CT molecular complexity index is 766. The molecular formula is C18H23N3O3. The van der Waals surface area contributed by atoms with Crippen LogP contribution in [-0.4, -0.2) is 45.5 Å². The van der Waals surface area contributed by atoms with Gasteiger partial charge in [-0.2, -0.15) is 0 Å². The highest BCUT2D eigenvalue weighted by atomic mass is 16.5. The molecule has 2 aromatic rings. The highest BCUT2D eigenvalue weighted by Gasteiger charge is 2.35. The first-order chi connectivity index (χ1) is 11.5. The monoisotopic (exact) mass is 329 g/mol. The molecule has 1 fully saturated rings. The number of nitrogens with zero attached hydrogens (tertiary/aromatic N) is 3. The summed E-state index contributed by atoms with van der Waals surface area (Å²) in [5.74, 6) is 0.652. The van der Waals surface area contributed by atoms with Crippen LogP contribution in [0.3, 0.4) is 0 Å². The Balaban J connectivity index is 1.98. The van der Waals surface area contributed by atoms with E-state index in [1.807, 2.05) is 47.6 Å². The molecule has 0 aliphatic carbocycles. The smallest absolute Gasteiger partial charge is 0.326 e. The van der Waals surface area contributed by atoms with Crippen molar-refractivity contribution in [3.63, 3.8) is 0 Å². The number of imidazole rings is 1. The van der Waals surface area contributed by atoms with Gasteiger partial charge in [0.05, 0.1) is 17.6 Å². The summed E-state index contributed by atoms with van der Waals surface area (Å²) in [6, 6.07) is 7.90. The van der Waals surface area contributed by atoms with E-state index in [2.05, 4.69) is 0 Å². The molecule has 0 N–H and O–H groups in total. The van der Waals surface area contributed by atoms with Crippen LogP contribution in [0.4, 0.5) is 0 Å². The topological polar surface area (TPSA) is 64.4 Å². The fourth-order valence-corrected chi connectivity index (χ4v) is 3.31. The molecule has 2 heterocycles. The summed E-state index contributed by atoms with van der Waals surface area (Å²) >= 11 is 0. The number of likely N-dealkylation sites (tertiary alicyclic amines) is 1. The first kappa shape index (κ1) is 16.5. The van der Waals surface area contributed by atoms with Gasteiger partial charge in [0.15, 0.2) is 0 Å². The van der Waals surface area contributed by atoms with Crippen molar-refractivity contribution in [2.45, 2.75) is 45.7 Å². The van der Waals surface area contributed by atoms with Gasteiger partial charge in [-0.15, -0.1) is 0 Å². The minimum Gasteiger partial charge on any atom is -0.465 e. The fourth-order valence-electron chi connectivity index (χ4n) is 3.31. The van der Waals surface area contributed by atoms with Crippen molar-refractivity contribution in [1.82, 2.24) is 14.5 Å². The molecule has 1 aromatic heterocycles. The van der Waals surface area contributed by atoms with E-state index in [1.54, 1.807) is 6.92 Å². The van der Waals surface area contributed by atoms with Crippen LogP contribution < -0.4 is 0 Å².